The van der Waals surface area contributed by atoms with Crippen molar-refractivity contribution in [2.75, 3.05) is 12.3 Å². The largest absolute Gasteiger partial charge is 0.355 e. The van der Waals surface area contributed by atoms with Crippen molar-refractivity contribution in [2.24, 2.45) is 0 Å². The summed E-state index contributed by atoms with van der Waals surface area (Å²) in [6.07, 6.45) is 0.437. The highest BCUT2D eigenvalue weighted by Gasteiger charge is 2.13. The van der Waals surface area contributed by atoms with Gasteiger partial charge in [0.2, 0.25) is 27.6 Å². The predicted molar refractivity (Wildman–Crippen MR) is 106 cm³/mol. The maximum absolute atomic E-state index is 12.0. The van der Waals surface area contributed by atoms with Gasteiger partial charge in [0.05, 0.1) is 10.6 Å². The standard InChI is InChI=1S/C18H20N4O4S2/c23-16(8-9-17-21-18(22-26-17)15-7-4-11-27-15)19-10-12-28(24,25)20-13-14-5-2-1-3-6-14/h1-7,11,20H,8-10,12-13H2,(H,19,23). The molecular weight excluding hydrogens is 400 g/mol. The number of sulfonamides is 1. The van der Waals surface area contributed by atoms with Gasteiger partial charge in [0.25, 0.3) is 0 Å². The molecule has 2 heterocycles. The number of amides is 1. The van der Waals surface area contributed by atoms with Crippen molar-refractivity contribution < 1.29 is 17.7 Å². The minimum absolute atomic E-state index is 0.0350. The van der Waals surface area contributed by atoms with E-state index in [2.05, 4.69) is 20.2 Å². The lowest BCUT2D eigenvalue weighted by molar-refractivity contribution is -0.121. The molecule has 0 saturated heterocycles. The summed E-state index contributed by atoms with van der Waals surface area (Å²) in [5.74, 6) is 0.417. The van der Waals surface area contributed by atoms with Crippen molar-refractivity contribution >= 4 is 27.3 Å². The Balaban J connectivity index is 1.36. The monoisotopic (exact) mass is 420 g/mol. The second-order valence-electron chi connectivity index (χ2n) is 5.96. The molecule has 1 aromatic carbocycles. The maximum Gasteiger partial charge on any atom is 0.227 e. The molecule has 0 radical (unpaired) electrons. The van der Waals surface area contributed by atoms with E-state index in [1.807, 2.05) is 47.8 Å². The molecule has 1 amide bonds. The van der Waals surface area contributed by atoms with Crippen LogP contribution in [0.1, 0.15) is 17.9 Å². The van der Waals surface area contributed by atoms with Gasteiger partial charge in [0.15, 0.2) is 0 Å². The molecule has 0 aliphatic carbocycles. The fourth-order valence-corrected chi connectivity index (χ4v) is 3.91. The summed E-state index contributed by atoms with van der Waals surface area (Å²) >= 11 is 1.50. The first kappa shape index (κ1) is 20.2. The van der Waals surface area contributed by atoms with Gasteiger partial charge in [-0.2, -0.15) is 4.98 Å². The van der Waals surface area contributed by atoms with Crippen LogP contribution in [0.5, 0.6) is 0 Å². The Bertz CT molecular complexity index is 986. The molecule has 3 rings (SSSR count). The van der Waals surface area contributed by atoms with E-state index < -0.39 is 10.0 Å². The summed E-state index contributed by atoms with van der Waals surface area (Å²) in [4.78, 5) is 17.0. The van der Waals surface area contributed by atoms with E-state index in [9.17, 15) is 13.2 Å². The third-order valence-electron chi connectivity index (χ3n) is 3.81. The van der Waals surface area contributed by atoms with Crippen LogP contribution in [0.4, 0.5) is 0 Å². The summed E-state index contributed by atoms with van der Waals surface area (Å²) in [7, 11) is -3.47. The van der Waals surface area contributed by atoms with Gasteiger partial charge in [-0.05, 0) is 17.0 Å². The smallest absolute Gasteiger partial charge is 0.227 e. The number of hydrogen-bond donors (Lipinski definition) is 2. The second-order valence-corrected chi connectivity index (χ2v) is 8.84. The number of rotatable bonds is 10. The Hall–Kier alpha value is -2.56. The molecule has 3 aromatic rings. The Morgan fingerprint density at radius 1 is 1.14 bits per heavy atom. The average molecular weight is 421 g/mol. The summed E-state index contributed by atoms with van der Waals surface area (Å²) in [6.45, 7) is 0.258. The van der Waals surface area contributed by atoms with E-state index in [1.165, 1.54) is 11.3 Å². The Morgan fingerprint density at radius 3 is 2.71 bits per heavy atom. The third kappa shape index (κ3) is 6.25. The van der Waals surface area contributed by atoms with Gasteiger partial charge in [0, 0.05) is 25.9 Å². The molecule has 0 aliphatic rings. The molecule has 0 unspecified atom stereocenters. The number of benzene rings is 1. The molecule has 0 fully saturated rings. The van der Waals surface area contributed by atoms with Crippen molar-refractivity contribution in [2.45, 2.75) is 19.4 Å². The summed E-state index contributed by atoms with van der Waals surface area (Å²) in [5, 5.41) is 8.40. The highest BCUT2D eigenvalue weighted by Crippen LogP contribution is 2.21. The number of nitrogens with one attached hydrogen (secondary N) is 2. The van der Waals surface area contributed by atoms with Gasteiger partial charge in [-0.25, -0.2) is 13.1 Å². The molecule has 2 N–H and O–H groups in total. The molecule has 28 heavy (non-hydrogen) atoms. The Labute approximate surface area is 167 Å². The summed E-state index contributed by atoms with van der Waals surface area (Å²) in [6, 6.07) is 13.0. The zero-order valence-electron chi connectivity index (χ0n) is 15.0. The van der Waals surface area contributed by atoms with E-state index in [1.54, 1.807) is 0 Å². The Kier molecular flexibility index (Phi) is 6.90. The zero-order valence-corrected chi connectivity index (χ0v) is 16.6. The molecule has 0 bridgehead atoms. The number of nitrogens with zero attached hydrogens (tertiary/aromatic N) is 2. The minimum atomic E-state index is -3.47. The van der Waals surface area contributed by atoms with Crippen LogP contribution in [0.2, 0.25) is 0 Å². The maximum atomic E-state index is 12.0. The summed E-state index contributed by atoms with van der Waals surface area (Å²) < 4.78 is 31.6. The van der Waals surface area contributed by atoms with Gasteiger partial charge in [0.1, 0.15) is 0 Å². The molecule has 0 spiro atoms. The quantitative estimate of drug-likeness (QED) is 0.518. The highest BCUT2D eigenvalue weighted by molar-refractivity contribution is 7.89. The van der Waals surface area contributed by atoms with Crippen LogP contribution in [0.25, 0.3) is 10.7 Å². The average Bonchev–Trinajstić information content (AvgIpc) is 3.37. The van der Waals surface area contributed by atoms with Crippen LogP contribution in [-0.4, -0.2) is 36.8 Å². The van der Waals surface area contributed by atoms with E-state index in [0.717, 1.165) is 10.4 Å². The first-order valence-corrected chi connectivity index (χ1v) is 11.2. The van der Waals surface area contributed by atoms with Crippen molar-refractivity contribution in [3.63, 3.8) is 0 Å². The van der Waals surface area contributed by atoms with Crippen LogP contribution in [0, 0.1) is 0 Å². The molecule has 148 valence electrons. The second kappa shape index (κ2) is 9.58. The fraction of sp³-hybridized carbons (Fsp3) is 0.278. The van der Waals surface area contributed by atoms with Crippen molar-refractivity contribution in [3.8, 4) is 10.7 Å². The molecule has 0 saturated carbocycles. The van der Waals surface area contributed by atoms with E-state index >= 15 is 0 Å². The SMILES string of the molecule is O=C(CCc1nc(-c2cccs2)no1)NCCS(=O)(=O)NCc1ccccc1. The van der Waals surface area contributed by atoms with E-state index in [0.29, 0.717) is 18.1 Å². The van der Waals surface area contributed by atoms with Crippen LogP contribution < -0.4 is 10.0 Å². The fourth-order valence-electron chi connectivity index (χ4n) is 2.36. The minimum Gasteiger partial charge on any atom is -0.355 e. The van der Waals surface area contributed by atoms with Crippen LogP contribution in [0.15, 0.2) is 52.4 Å². The number of aryl methyl sites for hydroxylation is 1. The predicted octanol–water partition coefficient (Wildman–Crippen LogP) is 1.97. The van der Waals surface area contributed by atoms with Gasteiger partial charge in [-0.1, -0.05) is 41.6 Å². The lowest BCUT2D eigenvalue weighted by atomic mass is 10.2. The lowest BCUT2D eigenvalue weighted by Gasteiger charge is -2.08. The molecule has 2 aromatic heterocycles. The Morgan fingerprint density at radius 2 is 1.96 bits per heavy atom. The molecule has 0 atom stereocenters. The van der Waals surface area contributed by atoms with E-state index in [4.69, 9.17) is 4.52 Å². The van der Waals surface area contributed by atoms with Crippen molar-refractivity contribution in [3.05, 3.63) is 59.3 Å². The van der Waals surface area contributed by atoms with Crippen molar-refractivity contribution in [1.82, 2.24) is 20.2 Å². The highest BCUT2D eigenvalue weighted by atomic mass is 32.2. The molecule has 0 aliphatic heterocycles. The van der Waals surface area contributed by atoms with Crippen molar-refractivity contribution in [1.29, 1.82) is 0 Å². The van der Waals surface area contributed by atoms with Gasteiger partial charge in [-0.15, -0.1) is 11.3 Å². The number of hydrogen-bond acceptors (Lipinski definition) is 7. The molecule has 8 nitrogen and oxygen atoms in total. The van der Waals surface area contributed by atoms with Crippen LogP contribution >= 0.6 is 11.3 Å². The van der Waals surface area contributed by atoms with Gasteiger partial charge < -0.3 is 9.84 Å². The normalized spacial score (nSPS) is 11.4. The first-order valence-electron chi connectivity index (χ1n) is 8.66. The number of carbonyl (C=O) groups excluding carboxylic acids is 1. The van der Waals surface area contributed by atoms with Gasteiger partial charge >= 0.3 is 0 Å². The first-order chi connectivity index (χ1) is 13.5. The number of thiophene rings is 1. The zero-order chi connectivity index (χ0) is 19.8. The van der Waals surface area contributed by atoms with Crippen LogP contribution in [0.3, 0.4) is 0 Å². The molecular formula is C18H20N4O4S2. The third-order valence-corrected chi connectivity index (χ3v) is 6.00. The van der Waals surface area contributed by atoms with Gasteiger partial charge in [-0.3, -0.25) is 4.79 Å². The topological polar surface area (TPSA) is 114 Å². The lowest BCUT2D eigenvalue weighted by Crippen LogP contribution is -2.34. The van der Waals surface area contributed by atoms with E-state index in [-0.39, 0.29) is 31.2 Å². The number of aromatic nitrogens is 2. The number of carbonyl (C=O) groups is 1. The summed E-state index contributed by atoms with van der Waals surface area (Å²) in [5.41, 5.74) is 0.872. The molecule has 10 heteroatoms. The van der Waals surface area contributed by atoms with Crippen LogP contribution in [-0.2, 0) is 27.8 Å².